The summed E-state index contributed by atoms with van der Waals surface area (Å²) in [5.41, 5.74) is 0. The maximum Gasteiger partial charge on any atom is 0.195 e. The number of aliphatic imine (C=N–C) groups is 2. The number of rotatable bonds is 4. The Morgan fingerprint density at radius 2 is 0.842 bits per heavy atom. The highest BCUT2D eigenvalue weighted by Crippen LogP contribution is 1.94. The predicted molar refractivity (Wildman–Crippen MR) is 84.0 cm³/mol. The van der Waals surface area contributed by atoms with E-state index in [9.17, 15) is 0 Å². The molecule has 0 heterocycles. The Balaban J connectivity index is 4.30. The third-order valence-corrected chi connectivity index (χ3v) is 2.42. The molecule has 0 aromatic carbocycles. The molecule has 0 aliphatic heterocycles. The zero-order chi connectivity index (χ0) is 15.0. The van der Waals surface area contributed by atoms with Crippen LogP contribution in [-0.2, 0) is 0 Å². The van der Waals surface area contributed by atoms with Gasteiger partial charge in [-0.25, -0.2) is 0 Å². The second-order valence-electron chi connectivity index (χ2n) is 5.29. The fourth-order valence-electron chi connectivity index (χ4n) is 1.79. The van der Waals surface area contributed by atoms with Gasteiger partial charge in [-0.3, -0.25) is 9.98 Å². The van der Waals surface area contributed by atoms with Crippen molar-refractivity contribution >= 4 is 11.9 Å². The molecule has 0 atom stereocenters. The van der Waals surface area contributed by atoms with Crippen LogP contribution in [0, 0.1) is 0 Å². The first-order valence-electron chi connectivity index (χ1n) is 6.55. The lowest BCUT2D eigenvalue weighted by Gasteiger charge is -2.23. The number of hydrogen-bond acceptors (Lipinski definition) is 2. The molecule has 0 rings (SSSR count). The minimum Gasteiger partial charge on any atom is -0.349 e. The van der Waals surface area contributed by atoms with Gasteiger partial charge in [0.15, 0.2) is 11.9 Å². The normalized spacial score (nSPS) is 9.68. The smallest absolute Gasteiger partial charge is 0.195 e. The zero-order valence-corrected chi connectivity index (χ0v) is 13.8. The summed E-state index contributed by atoms with van der Waals surface area (Å²) >= 11 is 0. The van der Waals surface area contributed by atoms with Gasteiger partial charge in [-0.1, -0.05) is 0 Å². The highest BCUT2D eigenvalue weighted by molar-refractivity contribution is 5.79. The molecule has 6 nitrogen and oxygen atoms in total. The van der Waals surface area contributed by atoms with E-state index in [4.69, 9.17) is 0 Å². The SMILES string of the molecule is CN(C)C(=NCCCN=C(N(C)C)N(C)C)N(C)C. The molecule has 0 aliphatic rings. The summed E-state index contributed by atoms with van der Waals surface area (Å²) in [7, 11) is 16.1. The average molecular weight is 270 g/mol. The third-order valence-electron chi connectivity index (χ3n) is 2.42. The lowest BCUT2D eigenvalue weighted by molar-refractivity contribution is 0.475. The highest BCUT2D eigenvalue weighted by atomic mass is 15.3. The molecule has 0 radical (unpaired) electrons. The molecule has 0 aliphatic carbocycles. The fourth-order valence-corrected chi connectivity index (χ4v) is 1.79. The molecule has 0 fully saturated rings. The van der Waals surface area contributed by atoms with Gasteiger partial charge >= 0.3 is 0 Å². The summed E-state index contributed by atoms with van der Waals surface area (Å²) in [6.45, 7) is 1.59. The molecule has 0 N–H and O–H groups in total. The van der Waals surface area contributed by atoms with Crippen LogP contribution in [0.3, 0.4) is 0 Å². The van der Waals surface area contributed by atoms with Crippen LogP contribution < -0.4 is 0 Å². The summed E-state index contributed by atoms with van der Waals surface area (Å²) in [5, 5.41) is 0. The Morgan fingerprint density at radius 1 is 0.579 bits per heavy atom. The van der Waals surface area contributed by atoms with Gasteiger partial charge in [-0.2, -0.15) is 0 Å². The first-order valence-corrected chi connectivity index (χ1v) is 6.55. The predicted octanol–water partition coefficient (Wildman–Crippen LogP) is 0.335. The standard InChI is InChI=1S/C13H30N6/c1-16(2)12(17(3)4)14-10-9-11-15-13(18(5)6)19(7)8/h9-11H2,1-8H3. The maximum absolute atomic E-state index is 4.58. The Hall–Kier alpha value is -1.46. The van der Waals surface area contributed by atoms with E-state index in [0.29, 0.717) is 0 Å². The molecule has 19 heavy (non-hydrogen) atoms. The van der Waals surface area contributed by atoms with E-state index < -0.39 is 0 Å². The summed E-state index contributed by atoms with van der Waals surface area (Å²) in [5.74, 6) is 1.98. The number of hydrogen-bond donors (Lipinski definition) is 0. The molecule has 0 saturated heterocycles. The van der Waals surface area contributed by atoms with Crippen molar-refractivity contribution in [2.24, 2.45) is 9.98 Å². The van der Waals surface area contributed by atoms with Crippen molar-refractivity contribution < 1.29 is 0 Å². The summed E-state index contributed by atoms with van der Waals surface area (Å²) in [4.78, 5) is 17.3. The van der Waals surface area contributed by atoms with E-state index >= 15 is 0 Å². The van der Waals surface area contributed by atoms with Crippen LogP contribution in [0.15, 0.2) is 9.98 Å². The molecule has 6 heteroatoms. The molecule has 0 spiro atoms. The minimum absolute atomic E-state index is 0.795. The minimum atomic E-state index is 0.795. The lowest BCUT2D eigenvalue weighted by atomic mass is 10.4. The average Bonchev–Trinajstić information content (AvgIpc) is 2.25. The summed E-state index contributed by atoms with van der Waals surface area (Å²) in [6.07, 6.45) is 0.955. The van der Waals surface area contributed by atoms with Crippen LogP contribution in [0.1, 0.15) is 6.42 Å². The van der Waals surface area contributed by atoms with Crippen LogP contribution in [-0.4, -0.2) is 101 Å². The molecule has 0 unspecified atom stereocenters. The van der Waals surface area contributed by atoms with Crippen LogP contribution in [0.5, 0.6) is 0 Å². The zero-order valence-electron chi connectivity index (χ0n) is 13.8. The number of nitrogens with zero attached hydrogens (tertiary/aromatic N) is 6. The quantitative estimate of drug-likeness (QED) is 0.419. The van der Waals surface area contributed by atoms with Crippen molar-refractivity contribution in [2.45, 2.75) is 6.42 Å². The van der Waals surface area contributed by atoms with Gasteiger partial charge in [0.25, 0.3) is 0 Å². The van der Waals surface area contributed by atoms with Crippen molar-refractivity contribution in [1.29, 1.82) is 0 Å². The Morgan fingerprint density at radius 3 is 1.05 bits per heavy atom. The molecule has 0 saturated carbocycles. The largest absolute Gasteiger partial charge is 0.349 e. The van der Waals surface area contributed by atoms with E-state index in [1.165, 1.54) is 0 Å². The van der Waals surface area contributed by atoms with E-state index in [1.54, 1.807) is 0 Å². The topological polar surface area (TPSA) is 37.7 Å². The van der Waals surface area contributed by atoms with Crippen molar-refractivity contribution in [2.75, 3.05) is 69.5 Å². The van der Waals surface area contributed by atoms with Crippen LogP contribution in [0.2, 0.25) is 0 Å². The van der Waals surface area contributed by atoms with Crippen molar-refractivity contribution in [3.63, 3.8) is 0 Å². The van der Waals surface area contributed by atoms with Gasteiger partial charge in [-0.05, 0) is 6.42 Å². The molecule has 0 aromatic heterocycles. The maximum atomic E-state index is 4.58. The van der Waals surface area contributed by atoms with Crippen molar-refractivity contribution in [1.82, 2.24) is 19.6 Å². The number of guanidine groups is 2. The second-order valence-corrected chi connectivity index (χ2v) is 5.29. The first-order chi connectivity index (χ1) is 8.77. The molecule has 0 bridgehead atoms. The van der Waals surface area contributed by atoms with E-state index in [1.807, 2.05) is 76.0 Å². The molecule has 0 aromatic rings. The first kappa shape index (κ1) is 17.5. The second kappa shape index (κ2) is 8.61. The fraction of sp³-hybridized carbons (Fsp3) is 0.846. The lowest BCUT2D eigenvalue weighted by Crippen LogP contribution is -2.36. The van der Waals surface area contributed by atoms with E-state index in [2.05, 4.69) is 9.98 Å². The Bertz CT molecular complexity index is 254. The molecule has 0 amide bonds. The van der Waals surface area contributed by atoms with Gasteiger partial charge in [-0.15, -0.1) is 0 Å². The van der Waals surface area contributed by atoms with Crippen LogP contribution in [0.4, 0.5) is 0 Å². The van der Waals surface area contributed by atoms with Crippen LogP contribution >= 0.6 is 0 Å². The van der Waals surface area contributed by atoms with Crippen LogP contribution in [0.25, 0.3) is 0 Å². The third kappa shape index (κ3) is 6.88. The van der Waals surface area contributed by atoms with Gasteiger partial charge in [0, 0.05) is 69.5 Å². The summed E-state index contributed by atoms with van der Waals surface area (Å²) < 4.78 is 0. The highest BCUT2D eigenvalue weighted by Gasteiger charge is 2.04. The monoisotopic (exact) mass is 270 g/mol. The van der Waals surface area contributed by atoms with Crippen molar-refractivity contribution in [3.05, 3.63) is 0 Å². The molecular formula is C13H30N6. The molecule has 112 valence electrons. The van der Waals surface area contributed by atoms with E-state index in [0.717, 1.165) is 31.4 Å². The molecular weight excluding hydrogens is 240 g/mol. The van der Waals surface area contributed by atoms with Crippen molar-refractivity contribution in [3.8, 4) is 0 Å². The van der Waals surface area contributed by atoms with Gasteiger partial charge in [0.1, 0.15) is 0 Å². The Kier molecular flexibility index (Phi) is 7.95. The van der Waals surface area contributed by atoms with Gasteiger partial charge in [0.05, 0.1) is 0 Å². The van der Waals surface area contributed by atoms with Gasteiger partial charge in [0.2, 0.25) is 0 Å². The van der Waals surface area contributed by atoms with E-state index in [-0.39, 0.29) is 0 Å². The van der Waals surface area contributed by atoms with Gasteiger partial charge < -0.3 is 19.6 Å². The Labute approximate surface area is 118 Å². The summed E-state index contributed by atoms with van der Waals surface area (Å²) in [6, 6.07) is 0.